The molecule has 0 bridgehead atoms. The summed E-state index contributed by atoms with van der Waals surface area (Å²) in [6.45, 7) is 6.60. The molecule has 0 heterocycles. The van der Waals surface area contributed by atoms with Crippen LogP contribution in [0.5, 0.6) is 0 Å². The molecule has 0 fully saturated rings. The van der Waals surface area contributed by atoms with Crippen molar-refractivity contribution in [3.8, 4) is 0 Å². The van der Waals surface area contributed by atoms with Crippen LogP contribution in [-0.4, -0.2) is 39.4 Å². The standard InChI is InChI=1S/C11H23NO3/c1-10(2)9-14-7-8-15-11(13)5-4-6-12-3/h10,12H,4-9H2,1-3H3. The minimum Gasteiger partial charge on any atom is -0.463 e. The molecule has 4 heteroatoms. The number of rotatable bonds is 9. The van der Waals surface area contributed by atoms with E-state index in [-0.39, 0.29) is 5.97 Å². The van der Waals surface area contributed by atoms with Crippen LogP contribution in [0, 0.1) is 5.92 Å². The molecule has 0 rings (SSSR count). The maximum absolute atomic E-state index is 11.1. The topological polar surface area (TPSA) is 47.6 Å². The Bertz CT molecular complexity index is 160. The first-order chi connectivity index (χ1) is 7.16. The van der Waals surface area contributed by atoms with E-state index in [2.05, 4.69) is 19.2 Å². The third kappa shape index (κ3) is 11.3. The molecule has 0 saturated heterocycles. The monoisotopic (exact) mass is 217 g/mol. The van der Waals surface area contributed by atoms with Crippen LogP contribution in [0.1, 0.15) is 26.7 Å². The Morgan fingerprint density at radius 1 is 1.33 bits per heavy atom. The number of carbonyl (C=O) groups is 1. The molecule has 0 aromatic heterocycles. The van der Waals surface area contributed by atoms with Crippen LogP contribution in [0.3, 0.4) is 0 Å². The second kappa shape index (κ2) is 9.93. The van der Waals surface area contributed by atoms with Gasteiger partial charge in [-0.15, -0.1) is 0 Å². The quantitative estimate of drug-likeness (QED) is 0.466. The van der Waals surface area contributed by atoms with E-state index in [1.165, 1.54) is 0 Å². The van der Waals surface area contributed by atoms with Crippen molar-refractivity contribution in [2.75, 3.05) is 33.4 Å². The lowest BCUT2D eigenvalue weighted by Crippen LogP contribution is -2.14. The number of hydrogen-bond acceptors (Lipinski definition) is 4. The molecular formula is C11H23NO3. The third-order valence-corrected chi connectivity index (χ3v) is 1.75. The molecule has 0 aliphatic rings. The fourth-order valence-electron chi connectivity index (χ4n) is 1.02. The number of carbonyl (C=O) groups excluding carboxylic acids is 1. The van der Waals surface area contributed by atoms with Crippen LogP contribution in [0.25, 0.3) is 0 Å². The molecule has 0 aromatic carbocycles. The molecule has 0 spiro atoms. The zero-order valence-electron chi connectivity index (χ0n) is 10.0. The van der Waals surface area contributed by atoms with Crippen LogP contribution in [-0.2, 0) is 14.3 Å². The minimum atomic E-state index is -0.140. The van der Waals surface area contributed by atoms with Gasteiger partial charge in [0.1, 0.15) is 6.61 Å². The van der Waals surface area contributed by atoms with Gasteiger partial charge in [-0.05, 0) is 25.9 Å². The van der Waals surface area contributed by atoms with Crippen LogP contribution in [0.15, 0.2) is 0 Å². The SMILES string of the molecule is CNCCCC(=O)OCCOCC(C)C. The fraction of sp³-hybridized carbons (Fsp3) is 0.909. The van der Waals surface area contributed by atoms with Gasteiger partial charge < -0.3 is 14.8 Å². The van der Waals surface area contributed by atoms with E-state index in [0.717, 1.165) is 19.6 Å². The highest BCUT2D eigenvalue weighted by Crippen LogP contribution is 1.94. The summed E-state index contributed by atoms with van der Waals surface area (Å²) >= 11 is 0. The summed E-state index contributed by atoms with van der Waals surface area (Å²) in [5.41, 5.74) is 0. The zero-order chi connectivity index (χ0) is 11.5. The van der Waals surface area contributed by atoms with E-state index >= 15 is 0 Å². The largest absolute Gasteiger partial charge is 0.463 e. The molecule has 0 aromatic rings. The van der Waals surface area contributed by atoms with Crippen molar-refractivity contribution in [1.29, 1.82) is 0 Å². The Hall–Kier alpha value is -0.610. The normalized spacial score (nSPS) is 10.7. The van der Waals surface area contributed by atoms with Crippen molar-refractivity contribution in [3.05, 3.63) is 0 Å². The Morgan fingerprint density at radius 3 is 2.67 bits per heavy atom. The van der Waals surface area contributed by atoms with Crippen molar-refractivity contribution < 1.29 is 14.3 Å². The summed E-state index contributed by atoms with van der Waals surface area (Å²) in [5, 5.41) is 2.98. The van der Waals surface area contributed by atoms with Crippen molar-refractivity contribution in [1.82, 2.24) is 5.32 Å². The van der Waals surface area contributed by atoms with Gasteiger partial charge in [-0.3, -0.25) is 4.79 Å². The van der Waals surface area contributed by atoms with Crippen LogP contribution in [0.4, 0.5) is 0 Å². The molecular weight excluding hydrogens is 194 g/mol. The molecule has 15 heavy (non-hydrogen) atoms. The van der Waals surface area contributed by atoms with Crippen molar-refractivity contribution in [3.63, 3.8) is 0 Å². The number of nitrogens with one attached hydrogen (secondary N) is 1. The summed E-state index contributed by atoms with van der Waals surface area (Å²) in [6, 6.07) is 0. The van der Waals surface area contributed by atoms with E-state index in [9.17, 15) is 4.79 Å². The first-order valence-electron chi connectivity index (χ1n) is 5.54. The van der Waals surface area contributed by atoms with Crippen LogP contribution < -0.4 is 5.32 Å². The molecule has 1 N–H and O–H groups in total. The van der Waals surface area contributed by atoms with Crippen LogP contribution >= 0.6 is 0 Å². The molecule has 0 saturated carbocycles. The number of ether oxygens (including phenoxy) is 2. The smallest absolute Gasteiger partial charge is 0.305 e. The lowest BCUT2D eigenvalue weighted by molar-refractivity contribution is -0.145. The van der Waals surface area contributed by atoms with Gasteiger partial charge in [0, 0.05) is 13.0 Å². The molecule has 0 atom stereocenters. The second-order valence-electron chi connectivity index (χ2n) is 3.90. The van der Waals surface area contributed by atoms with E-state index < -0.39 is 0 Å². The maximum atomic E-state index is 11.1. The van der Waals surface area contributed by atoms with Gasteiger partial charge in [0.15, 0.2) is 0 Å². The van der Waals surface area contributed by atoms with E-state index in [1.807, 2.05) is 7.05 Å². The summed E-state index contributed by atoms with van der Waals surface area (Å²) < 4.78 is 10.3. The molecule has 0 aliphatic heterocycles. The second-order valence-corrected chi connectivity index (χ2v) is 3.90. The van der Waals surface area contributed by atoms with E-state index in [0.29, 0.717) is 25.6 Å². The third-order valence-electron chi connectivity index (χ3n) is 1.75. The Morgan fingerprint density at radius 2 is 2.07 bits per heavy atom. The molecule has 4 nitrogen and oxygen atoms in total. The number of hydrogen-bond donors (Lipinski definition) is 1. The zero-order valence-corrected chi connectivity index (χ0v) is 10.0. The average molecular weight is 217 g/mol. The minimum absolute atomic E-state index is 0.140. The Kier molecular flexibility index (Phi) is 9.52. The predicted molar refractivity (Wildman–Crippen MR) is 59.8 cm³/mol. The van der Waals surface area contributed by atoms with Gasteiger partial charge in [-0.1, -0.05) is 13.8 Å². The van der Waals surface area contributed by atoms with Crippen LogP contribution in [0.2, 0.25) is 0 Å². The van der Waals surface area contributed by atoms with Crippen molar-refractivity contribution in [2.45, 2.75) is 26.7 Å². The van der Waals surface area contributed by atoms with Gasteiger partial charge >= 0.3 is 5.97 Å². The van der Waals surface area contributed by atoms with Crippen molar-refractivity contribution in [2.24, 2.45) is 5.92 Å². The lowest BCUT2D eigenvalue weighted by atomic mass is 10.2. The molecule has 0 radical (unpaired) electrons. The summed E-state index contributed by atoms with van der Waals surface area (Å²) in [6.07, 6.45) is 1.30. The number of esters is 1. The van der Waals surface area contributed by atoms with Gasteiger partial charge in [0.25, 0.3) is 0 Å². The highest BCUT2D eigenvalue weighted by atomic mass is 16.6. The Labute approximate surface area is 92.3 Å². The van der Waals surface area contributed by atoms with Crippen molar-refractivity contribution >= 4 is 5.97 Å². The molecule has 90 valence electrons. The predicted octanol–water partition coefficient (Wildman–Crippen LogP) is 1.20. The van der Waals surface area contributed by atoms with E-state index in [1.54, 1.807) is 0 Å². The molecule has 0 amide bonds. The summed E-state index contributed by atoms with van der Waals surface area (Å²) in [7, 11) is 1.87. The molecule has 0 aliphatic carbocycles. The average Bonchev–Trinajstić information content (AvgIpc) is 2.17. The highest BCUT2D eigenvalue weighted by molar-refractivity contribution is 5.69. The maximum Gasteiger partial charge on any atom is 0.305 e. The highest BCUT2D eigenvalue weighted by Gasteiger charge is 2.01. The first-order valence-corrected chi connectivity index (χ1v) is 5.54. The first kappa shape index (κ1) is 14.4. The van der Waals surface area contributed by atoms with Gasteiger partial charge in [-0.25, -0.2) is 0 Å². The van der Waals surface area contributed by atoms with E-state index in [4.69, 9.17) is 9.47 Å². The summed E-state index contributed by atoms with van der Waals surface area (Å²) in [4.78, 5) is 11.1. The summed E-state index contributed by atoms with van der Waals surface area (Å²) in [5.74, 6) is 0.384. The van der Waals surface area contributed by atoms with Gasteiger partial charge in [0.05, 0.1) is 6.61 Å². The van der Waals surface area contributed by atoms with Gasteiger partial charge in [-0.2, -0.15) is 0 Å². The Balaban J connectivity index is 3.17. The lowest BCUT2D eigenvalue weighted by Gasteiger charge is -2.07. The van der Waals surface area contributed by atoms with Gasteiger partial charge in [0.2, 0.25) is 0 Å². The molecule has 0 unspecified atom stereocenters. The fourth-order valence-corrected chi connectivity index (χ4v) is 1.02.